The number of rotatable bonds is 5. The monoisotopic (exact) mass is 285 g/mol. The van der Waals surface area contributed by atoms with Crippen LogP contribution in [0.1, 0.15) is 17.3 Å². The number of nitro benzene ring substituents is 1. The maximum absolute atomic E-state index is 12.0. The zero-order chi connectivity index (χ0) is 14.6. The number of halogens is 1. The molecule has 1 aromatic rings. The Bertz CT molecular complexity index is 491. The van der Waals surface area contributed by atoms with Gasteiger partial charge in [0.15, 0.2) is 0 Å². The predicted octanol–water partition coefficient (Wildman–Crippen LogP) is 1.93. The van der Waals surface area contributed by atoms with Crippen molar-refractivity contribution in [2.45, 2.75) is 13.0 Å². The van der Waals surface area contributed by atoms with Gasteiger partial charge in [-0.3, -0.25) is 14.9 Å². The van der Waals surface area contributed by atoms with Crippen LogP contribution in [0.3, 0.4) is 0 Å². The van der Waals surface area contributed by atoms with Crippen molar-refractivity contribution < 1.29 is 9.72 Å². The molecule has 6 nitrogen and oxygen atoms in total. The van der Waals surface area contributed by atoms with Crippen molar-refractivity contribution in [2.75, 3.05) is 20.6 Å². The molecule has 0 saturated carbocycles. The Labute approximate surface area is 116 Å². The molecule has 1 rings (SSSR count). The molecule has 1 atom stereocenters. The second-order valence-electron chi connectivity index (χ2n) is 4.42. The molecule has 19 heavy (non-hydrogen) atoms. The van der Waals surface area contributed by atoms with Gasteiger partial charge in [-0.1, -0.05) is 17.7 Å². The summed E-state index contributed by atoms with van der Waals surface area (Å²) in [6.07, 6.45) is 0. The molecule has 0 aliphatic carbocycles. The van der Waals surface area contributed by atoms with Gasteiger partial charge in [0.2, 0.25) is 0 Å². The van der Waals surface area contributed by atoms with E-state index in [1.165, 1.54) is 18.2 Å². The molecule has 1 amide bonds. The molecular weight excluding hydrogens is 270 g/mol. The van der Waals surface area contributed by atoms with E-state index >= 15 is 0 Å². The van der Waals surface area contributed by atoms with Gasteiger partial charge < -0.3 is 10.2 Å². The topological polar surface area (TPSA) is 75.5 Å². The fraction of sp³-hybridized carbons (Fsp3) is 0.417. The van der Waals surface area contributed by atoms with Crippen LogP contribution < -0.4 is 5.32 Å². The summed E-state index contributed by atoms with van der Waals surface area (Å²) in [5, 5.41) is 13.5. The number of likely N-dealkylation sites (N-methyl/N-ethyl adjacent to an activating group) is 1. The molecule has 0 heterocycles. The molecule has 0 bridgehead atoms. The summed E-state index contributed by atoms with van der Waals surface area (Å²) < 4.78 is 0. The lowest BCUT2D eigenvalue weighted by atomic mass is 10.1. The number of carbonyl (C=O) groups excluding carboxylic acids is 1. The molecule has 0 fully saturated rings. The lowest BCUT2D eigenvalue weighted by molar-refractivity contribution is -0.385. The number of amides is 1. The third kappa shape index (κ3) is 3.90. The molecule has 1 N–H and O–H groups in total. The van der Waals surface area contributed by atoms with Crippen LogP contribution in [0.25, 0.3) is 0 Å². The molecule has 0 aliphatic heterocycles. The van der Waals surface area contributed by atoms with Crippen molar-refractivity contribution in [1.82, 2.24) is 10.2 Å². The van der Waals surface area contributed by atoms with Crippen molar-refractivity contribution >= 4 is 23.2 Å². The van der Waals surface area contributed by atoms with Crippen molar-refractivity contribution in [3.63, 3.8) is 0 Å². The minimum atomic E-state index is -0.646. The number of hydrogen-bond acceptors (Lipinski definition) is 4. The summed E-state index contributed by atoms with van der Waals surface area (Å²) >= 11 is 5.75. The smallest absolute Gasteiger partial charge is 0.300 e. The molecule has 1 aromatic carbocycles. The number of nitro groups is 1. The van der Waals surface area contributed by atoms with E-state index < -0.39 is 10.8 Å². The first-order valence-corrected chi connectivity index (χ1v) is 6.10. The Morgan fingerprint density at radius 1 is 1.53 bits per heavy atom. The van der Waals surface area contributed by atoms with Gasteiger partial charge in [-0.05, 0) is 33.2 Å². The molecule has 104 valence electrons. The summed E-state index contributed by atoms with van der Waals surface area (Å²) in [5.41, 5.74) is -0.386. The highest BCUT2D eigenvalue weighted by Gasteiger charge is 2.23. The standard InChI is InChI=1S/C12H16ClN3O3/c1-8(15(2)3)7-14-12(17)9-5-4-6-10(13)11(9)16(18)19/h4-6,8H,7H2,1-3H3,(H,14,17). The summed E-state index contributed by atoms with van der Waals surface area (Å²) in [7, 11) is 3.78. The zero-order valence-corrected chi connectivity index (χ0v) is 11.8. The first-order valence-electron chi connectivity index (χ1n) is 5.72. The van der Waals surface area contributed by atoms with Crippen LogP contribution in [-0.4, -0.2) is 42.4 Å². The number of nitrogens with zero attached hydrogens (tertiary/aromatic N) is 2. The van der Waals surface area contributed by atoms with Gasteiger partial charge in [-0.15, -0.1) is 0 Å². The molecule has 1 unspecified atom stereocenters. The van der Waals surface area contributed by atoms with E-state index in [0.717, 1.165) is 0 Å². The number of carbonyl (C=O) groups is 1. The van der Waals surface area contributed by atoms with Crippen molar-refractivity contribution in [3.05, 3.63) is 38.9 Å². The highest BCUT2D eigenvalue weighted by Crippen LogP contribution is 2.27. The van der Waals surface area contributed by atoms with Crippen LogP contribution in [0.15, 0.2) is 18.2 Å². The average Bonchev–Trinajstić information content (AvgIpc) is 2.34. The largest absolute Gasteiger partial charge is 0.350 e. The van der Waals surface area contributed by atoms with Gasteiger partial charge >= 0.3 is 5.69 Å². The van der Waals surface area contributed by atoms with Crippen LogP contribution in [-0.2, 0) is 0 Å². The summed E-state index contributed by atoms with van der Waals surface area (Å²) in [5.74, 6) is -0.497. The summed E-state index contributed by atoms with van der Waals surface area (Å²) in [4.78, 5) is 24.2. The number of para-hydroxylation sites is 1. The van der Waals surface area contributed by atoms with E-state index in [-0.39, 0.29) is 22.3 Å². The molecule has 0 saturated heterocycles. The summed E-state index contributed by atoms with van der Waals surface area (Å²) in [6, 6.07) is 4.42. The lowest BCUT2D eigenvalue weighted by Gasteiger charge is -2.19. The van der Waals surface area contributed by atoms with Crippen molar-refractivity contribution in [2.24, 2.45) is 0 Å². The van der Waals surface area contributed by atoms with Gasteiger partial charge in [-0.25, -0.2) is 0 Å². The van der Waals surface area contributed by atoms with Crippen LogP contribution in [0, 0.1) is 10.1 Å². The van der Waals surface area contributed by atoms with Crippen LogP contribution in [0.2, 0.25) is 5.02 Å². The van der Waals surface area contributed by atoms with E-state index in [2.05, 4.69) is 5.32 Å². The second-order valence-corrected chi connectivity index (χ2v) is 4.82. The van der Waals surface area contributed by atoms with Crippen molar-refractivity contribution in [3.8, 4) is 0 Å². The average molecular weight is 286 g/mol. The Kier molecular flexibility index (Phi) is 5.26. The fourth-order valence-electron chi connectivity index (χ4n) is 1.40. The van der Waals surface area contributed by atoms with Crippen LogP contribution in [0.4, 0.5) is 5.69 Å². The Balaban J connectivity index is 2.89. The lowest BCUT2D eigenvalue weighted by Crippen LogP contribution is -2.38. The molecule has 0 spiro atoms. The Morgan fingerprint density at radius 3 is 2.68 bits per heavy atom. The van der Waals surface area contributed by atoms with Gasteiger partial charge in [0.05, 0.1) is 4.92 Å². The normalized spacial score (nSPS) is 12.3. The molecule has 0 aromatic heterocycles. The zero-order valence-electron chi connectivity index (χ0n) is 11.0. The molecule has 7 heteroatoms. The van der Waals surface area contributed by atoms with Crippen LogP contribution >= 0.6 is 11.6 Å². The highest BCUT2D eigenvalue weighted by molar-refractivity contribution is 6.33. The molecule has 0 radical (unpaired) electrons. The van der Waals surface area contributed by atoms with Gasteiger partial charge in [0.1, 0.15) is 10.6 Å². The number of hydrogen-bond donors (Lipinski definition) is 1. The fourth-order valence-corrected chi connectivity index (χ4v) is 1.65. The third-order valence-corrected chi connectivity index (χ3v) is 3.16. The Morgan fingerprint density at radius 2 is 2.16 bits per heavy atom. The number of nitrogens with one attached hydrogen (secondary N) is 1. The highest BCUT2D eigenvalue weighted by atomic mass is 35.5. The van der Waals surface area contributed by atoms with E-state index in [1.54, 1.807) is 0 Å². The Hall–Kier alpha value is -1.66. The SMILES string of the molecule is CC(CNC(=O)c1cccc(Cl)c1[N+](=O)[O-])N(C)C. The van der Waals surface area contributed by atoms with E-state index in [4.69, 9.17) is 11.6 Å². The summed E-state index contributed by atoms with van der Waals surface area (Å²) in [6.45, 7) is 2.34. The number of benzene rings is 1. The maximum atomic E-state index is 12.0. The minimum Gasteiger partial charge on any atom is -0.350 e. The minimum absolute atomic E-state index is 0.0246. The maximum Gasteiger partial charge on any atom is 0.300 e. The van der Waals surface area contributed by atoms with Gasteiger partial charge in [0, 0.05) is 12.6 Å². The first kappa shape index (κ1) is 15.4. The second kappa shape index (κ2) is 6.49. The third-order valence-electron chi connectivity index (χ3n) is 2.85. The van der Waals surface area contributed by atoms with Gasteiger partial charge in [0.25, 0.3) is 5.91 Å². The first-order chi connectivity index (χ1) is 8.84. The van der Waals surface area contributed by atoms with E-state index in [9.17, 15) is 14.9 Å². The van der Waals surface area contributed by atoms with Gasteiger partial charge in [-0.2, -0.15) is 0 Å². The quantitative estimate of drug-likeness (QED) is 0.662. The van der Waals surface area contributed by atoms with E-state index in [0.29, 0.717) is 6.54 Å². The van der Waals surface area contributed by atoms with E-state index in [1.807, 2.05) is 25.9 Å². The van der Waals surface area contributed by atoms with Crippen LogP contribution in [0.5, 0.6) is 0 Å². The predicted molar refractivity (Wildman–Crippen MR) is 73.6 cm³/mol. The molecule has 0 aliphatic rings. The van der Waals surface area contributed by atoms with Crippen molar-refractivity contribution in [1.29, 1.82) is 0 Å². The molecular formula is C12H16ClN3O3.